The molecule has 1 aliphatic rings. The standard InChI is InChI=1S/C12H17N5O/c1-9-7-10(8-18-9)11-14-12(16-15-11)17-5-2-3-13-4-6-17/h7-8,13H,2-6H2,1H3,(H,14,15,16). The van der Waals surface area contributed by atoms with Crippen molar-refractivity contribution in [2.75, 3.05) is 31.1 Å². The van der Waals surface area contributed by atoms with Crippen LogP contribution in [0.25, 0.3) is 11.4 Å². The molecule has 0 spiro atoms. The van der Waals surface area contributed by atoms with E-state index < -0.39 is 0 Å². The number of H-pyrrole nitrogens is 1. The molecule has 1 saturated heterocycles. The first kappa shape index (κ1) is 11.3. The maximum Gasteiger partial charge on any atom is 0.245 e. The van der Waals surface area contributed by atoms with E-state index in [1.54, 1.807) is 6.26 Å². The lowest BCUT2D eigenvalue weighted by molar-refractivity contribution is 0.534. The molecule has 2 aromatic rings. The Hall–Kier alpha value is -1.82. The lowest BCUT2D eigenvalue weighted by Gasteiger charge is -2.16. The summed E-state index contributed by atoms with van der Waals surface area (Å²) in [4.78, 5) is 6.73. The second kappa shape index (κ2) is 4.81. The van der Waals surface area contributed by atoms with Crippen molar-refractivity contribution in [3.8, 4) is 11.4 Å². The Balaban J connectivity index is 1.80. The Morgan fingerprint density at radius 2 is 2.28 bits per heavy atom. The van der Waals surface area contributed by atoms with Gasteiger partial charge in [-0.15, -0.1) is 5.10 Å². The summed E-state index contributed by atoms with van der Waals surface area (Å²) in [5.74, 6) is 2.41. The molecule has 0 unspecified atom stereocenters. The van der Waals surface area contributed by atoms with Gasteiger partial charge in [0.2, 0.25) is 5.95 Å². The van der Waals surface area contributed by atoms with E-state index in [1.807, 2.05) is 13.0 Å². The average Bonchev–Trinajstić information content (AvgIpc) is 2.92. The van der Waals surface area contributed by atoms with Crippen molar-refractivity contribution >= 4 is 5.95 Å². The fourth-order valence-corrected chi connectivity index (χ4v) is 2.14. The second-order valence-electron chi connectivity index (χ2n) is 4.52. The number of hydrogen-bond donors (Lipinski definition) is 2. The molecule has 0 amide bonds. The summed E-state index contributed by atoms with van der Waals surface area (Å²) in [6.45, 7) is 5.90. The highest BCUT2D eigenvalue weighted by atomic mass is 16.3. The van der Waals surface area contributed by atoms with E-state index in [2.05, 4.69) is 25.4 Å². The quantitative estimate of drug-likeness (QED) is 0.833. The number of nitrogens with one attached hydrogen (secondary N) is 2. The summed E-state index contributed by atoms with van der Waals surface area (Å²) in [6, 6.07) is 1.95. The second-order valence-corrected chi connectivity index (χ2v) is 4.52. The molecule has 0 bridgehead atoms. The van der Waals surface area contributed by atoms with E-state index in [4.69, 9.17) is 4.42 Å². The summed E-state index contributed by atoms with van der Waals surface area (Å²) < 4.78 is 5.28. The van der Waals surface area contributed by atoms with Gasteiger partial charge in [0.15, 0.2) is 5.82 Å². The van der Waals surface area contributed by atoms with Gasteiger partial charge >= 0.3 is 0 Å². The van der Waals surface area contributed by atoms with Gasteiger partial charge in [-0.25, -0.2) is 0 Å². The summed E-state index contributed by atoms with van der Waals surface area (Å²) in [5, 5.41) is 10.6. The van der Waals surface area contributed by atoms with Crippen LogP contribution in [-0.2, 0) is 0 Å². The average molecular weight is 247 g/mol. The minimum atomic E-state index is 0.763. The molecule has 6 nitrogen and oxygen atoms in total. The number of aryl methyl sites for hydroxylation is 1. The van der Waals surface area contributed by atoms with Crippen molar-refractivity contribution in [2.24, 2.45) is 0 Å². The van der Waals surface area contributed by atoms with E-state index in [0.717, 1.165) is 55.7 Å². The van der Waals surface area contributed by atoms with Gasteiger partial charge in [0.25, 0.3) is 0 Å². The molecule has 2 aromatic heterocycles. The zero-order valence-corrected chi connectivity index (χ0v) is 10.4. The van der Waals surface area contributed by atoms with Crippen molar-refractivity contribution in [2.45, 2.75) is 13.3 Å². The van der Waals surface area contributed by atoms with Gasteiger partial charge in [-0.3, -0.25) is 5.10 Å². The lowest BCUT2D eigenvalue weighted by Crippen LogP contribution is -2.28. The number of furan rings is 1. The van der Waals surface area contributed by atoms with Crippen LogP contribution in [0.3, 0.4) is 0 Å². The van der Waals surface area contributed by atoms with Gasteiger partial charge in [-0.1, -0.05) is 0 Å². The van der Waals surface area contributed by atoms with Crippen molar-refractivity contribution in [3.63, 3.8) is 0 Å². The fourth-order valence-electron chi connectivity index (χ4n) is 2.14. The number of anilines is 1. The molecule has 2 N–H and O–H groups in total. The first-order valence-electron chi connectivity index (χ1n) is 6.26. The third-order valence-corrected chi connectivity index (χ3v) is 3.10. The van der Waals surface area contributed by atoms with Gasteiger partial charge in [0.1, 0.15) is 12.0 Å². The minimum Gasteiger partial charge on any atom is -0.469 e. The molecule has 3 rings (SSSR count). The van der Waals surface area contributed by atoms with Crippen LogP contribution in [0.5, 0.6) is 0 Å². The van der Waals surface area contributed by atoms with Gasteiger partial charge in [-0.2, -0.15) is 4.98 Å². The Bertz CT molecular complexity index is 510. The SMILES string of the molecule is Cc1cc(-c2nc(N3CCCNCC3)n[nH]2)co1. The summed E-state index contributed by atoms with van der Waals surface area (Å²) in [5.41, 5.74) is 0.944. The van der Waals surface area contributed by atoms with E-state index >= 15 is 0 Å². The highest BCUT2D eigenvalue weighted by Gasteiger charge is 2.15. The maximum absolute atomic E-state index is 5.28. The zero-order chi connectivity index (χ0) is 12.4. The highest BCUT2D eigenvalue weighted by Crippen LogP contribution is 2.20. The Kier molecular flexibility index (Phi) is 3.02. The van der Waals surface area contributed by atoms with Crippen LogP contribution >= 0.6 is 0 Å². The predicted molar refractivity (Wildman–Crippen MR) is 68.5 cm³/mol. The molecule has 18 heavy (non-hydrogen) atoms. The van der Waals surface area contributed by atoms with E-state index in [0.29, 0.717) is 0 Å². The normalized spacial score (nSPS) is 16.8. The Labute approximate surface area is 105 Å². The molecule has 0 atom stereocenters. The lowest BCUT2D eigenvalue weighted by atomic mass is 10.3. The Morgan fingerprint density at radius 3 is 3.11 bits per heavy atom. The smallest absolute Gasteiger partial charge is 0.245 e. The molecular weight excluding hydrogens is 230 g/mol. The van der Waals surface area contributed by atoms with Gasteiger partial charge < -0.3 is 14.6 Å². The van der Waals surface area contributed by atoms with Crippen LogP contribution in [0.2, 0.25) is 0 Å². The molecule has 1 fully saturated rings. The molecule has 0 saturated carbocycles. The number of hydrogen-bond acceptors (Lipinski definition) is 5. The molecule has 1 aliphatic heterocycles. The first-order valence-corrected chi connectivity index (χ1v) is 6.26. The monoisotopic (exact) mass is 247 g/mol. The maximum atomic E-state index is 5.28. The Morgan fingerprint density at radius 1 is 1.33 bits per heavy atom. The van der Waals surface area contributed by atoms with Crippen molar-refractivity contribution in [1.29, 1.82) is 0 Å². The molecular formula is C12H17N5O. The molecule has 6 heteroatoms. The van der Waals surface area contributed by atoms with E-state index in [-0.39, 0.29) is 0 Å². The van der Waals surface area contributed by atoms with Crippen LogP contribution in [-0.4, -0.2) is 41.4 Å². The number of aromatic nitrogens is 3. The van der Waals surface area contributed by atoms with Gasteiger partial charge in [0.05, 0.1) is 5.56 Å². The first-order chi connectivity index (χ1) is 8.83. The van der Waals surface area contributed by atoms with Crippen molar-refractivity contribution in [1.82, 2.24) is 20.5 Å². The summed E-state index contributed by atoms with van der Waals surface area (Å²) >= 11 is 0. The summed E-state index contributed by atoms with van der Waals surface area (Å²) in [6.07, 6.45) is 2.82. The van der Waals surface area contributed by atoms with Crippen LogP contribution in [0, 0.1) is 6.92 Å². The van der Waals surface area contributed by atoms with Gasteiger partial charge in [-0.05, 0) is 26.0 Å². The summed E-state index contributed by atoms with van der Waals surface area (Å²) in [7, 11) is 0. The molecule has 96 valence electrons. The highest BCUT2D eigenvalue weighted by molar-refractivity contribution is 5.55. The topological polar surface area (TPSA) is 70.0 Å². The molecule has 0 aromatic carbocycles. The third-order valence-electron chi connectivity index (χ3n) is 3.10. The van der Waals surface area contributed by atoms with Crippen LogP contribution in [0.1, 0.15) is 12.2 Å². The van der Waals surface area contributed by atoms with Crippen molar-refractivity contribution in [3.05, 3.63) is 18.1 Å². The van der Waals surface area contributed by atoms with E-state index in [1.165, 1.54) is 0 Å². The fraction of sp³-hybridized carbons (Fsp3) is 0.500. The molecule has 0 radical (unpaired) electrons. The van der Waals surface area contributed by atoms with Crippen molar-refractivity contribution < 1.29 is 4.42 Å². The minimum absolute atomic E-state index is 0.763. The molecule has 0 aliphatic carbocycles. The number of nitrogens with zero attached hydrogens (tertiary/aromatic N) is 3. The molecule has 3 heterocycles. The number of rotatable bonds is 2. The zero-order valence-electron chi connectivity index (χ0n) is 10.4. The number of aromatic amines is 1. The van der Waals surface area contributed by atoms with E-state index in [9.17, 15) is 0 Å². The van der Waals surface area contributed by atoms with Crippen LogP contribution in [0.4, 0.5) is 5.95 Å². The predicted octanol–water partition coefficient (Wildman–Crippen LogP) is 1.17. The third kappa shape index (κ3) is 2.24. The van der Waals surface area contributed by atoms with Crippen LogP contribution in [0.15, 0.2) is 16.7 Å². The van der Waals surface area contributed by atoms with Crippen LogP contribution < -0.4 is 10.2 Å². The largest absolute Gasteiger partial charge is 0.469 e. The van der Waals surface area contributed by atoms with Gasteiger partial charge in [0, 0.05) is 19.6 Å².